The van der Waals surface area contributed by atoms with Gasteiger partial charge in [0, 0.05) is 13.6 Å². The average molecular weight is 345 g/mol. The number of rotatable bonds is 2. The number of benzene rings is 1. The van der Waals surface area contributed by atoms with Crippen molar-refractivity contribution in [3.8, 4) is 0 Å². The van der Waals surface area contributed by atoms with Gasteiger partial charge in [0.1, 0.15) is 11.4 Å². The van der Waals surface area contributed by atoms with Gasteiger partial charge in [-0.15, -0.1) is 0 Å². The molecule has 0 radical (unpaired) electrons. The minimum absolute atomic E-state index is 0.0659. The van der Waals surface area contributed by atoms with Crippen LogP contribution in [0.2, 0.25) is 0 Å². The van der Waals surface area contributed by atoms with E-state index in [-0.39, 0.29) is 17.9 Å². The highest BCUT2D eigenvalue weighted by Crippen LogP contribution is 2.33. The maximum absolute atomic E-state index is 13.2. The van der Waals surface area contributed by atoms with Gasteiger partial charge in [0.2, 0.25) is 0 Å². The number of β-amino-alcohol motifs (C(OH)–C–C–N with tert-alkyl or cyclic N) is 1. The number of amides is 1. The number of nitrogens with zero attached hydrogens (tertiary/aromatic N) is 3. The van der Waals surface area contributed by atoms with Crippen molar-refractivity contribution in [3.05, 3.63) is 62.8 Å². The Labute approximate surface area is 144 Å². The van der Waals surface area contributed by atoms with Crippen LogP contribution >= 0.6 is 0 Å². The molecule has 1 amide bonds. The molecule has 1 aromatic carbocycles. The van der Waals surface area contributed by atoms with Gasteiger partial charge in [-0.05, 0) is 43.5 Å². The van der Waals surface area contributed by atoms with Gasteiger partial charge in [-0.3, -0.25) is 9.59 Å². The van der Waals surface area contributed by atoms with Gasteiger partial charge >= 0.3 is 0 Å². The molecule has 1 saturated heterocycles. The van der Waals surface area contributed by atoms with Gasteiger partial charge in [-0.25, -0.2) is 9.07 Å². The third kappa shape index (κ3) is 3.07. The lowest BCUT2D eigenvalue weighted by atomic mass is 10.0. The monoisotopic (exact) mass is 345 g/mol. The summed E-state index contributed by atoms with van der Waals surface area (Å²) in [6, 6.07) is 5.44. The predicted molar refractivity (Wildman–Crippen MR) is 89.8 cm³/mol. The molecule has 0 aliphatic carbocycles. The van der Waals surface area contributed by atoms with Crippen molar-refractivity contribution in [2.45, 2.75) is 32.4 Å². The van der Waals surface area contributed by atoms with Crippen LogP contribution < -0.4 is 5.56 Å². The summed E-state index contributed by atoms with van der Waals surface area (Å²) in [6.45, 7) is 3.56. The van der Waals surface area contributed by atoms with Crippen LogP contribution in [0.25, 0.3) is 0 Å². The van der Waals surface area contributed by atoms with Crippen LogP contribution in [0.4, 0.5) is 4.39 Å². The first kappa shape index (κ1) is 17.3. The molecule has 0 saturated carbocycles. The Morgan fingerprint density at radius 1 is 1.28 bits per heavy atom. The first-order valence-electron chi connectivity index (χ1n) is 8.08. The van der Waals surface area contributed by atoms with Crippen molar-refractivity contribution in [1.29, 1.82) is 0 Å². The van der Waals surface area contributed by atoms with E-state index in [0.717, 1.165) is 10.2 Å². The highest BCUT2D eigenvalue weighted by Gasteiger charge is 2.37. The van der Waals surface area contributed by atoms with Gasteiger partial charge in [0.05, 0.1) is 17.8 Å². The van der Waals surface area contributed by atoms with Gasteiger partial charge in [-0.2, -0.15) is 5.10 Å². The molecule has 1 fully saturated rings. The standard InChI is InChI=1S/C18H20FN3O3/c1-10-11(2)20-21(3)17(24)16(10)18(25)22-9-14(23)8-15(22)12-4-6-13(19)7-5-12/h4-7,14-15,23H,8-9H2,1-3H3/t14-,15+/m0/s1. The molecule has 0 unspecified atom stereocenters. The van der Waals surface area contributed by atoms with Crippen LogP contribution in [-0.2, 0) is 7.05 Å². The third-order valence-electron chi connectivity index (χ3n) is 4.73. The molecule has 2 atom stereocenters. The summed E-state index contributed by atoms with van der Waals surface area (Å²) in [7, 11) is 1.50. The zero-order valence-electron chi connectivity index (χ0n) is 14.4. The molecule has 0 spiro atoms. The van der Waals surface area contributed by atoms with Crippen molar-refractivity contribution in [2.24, 2.45) is 7.05 Å². The second-order valence-electron chi connectivity index (χ2n) is 6.43. The SMILES string of the molecule is Cc1nn(C)c(=O)c(C(=O)N2C[C@@H](O)C[C@@H]2c2ccc(F)cc2)c1C. The second kappa shape index (κ2) is 6.40. The molecule has 1 aromatic heterocycles. The predicted octanol–water partition coefficient (Wildman–Crippen LogP) is 1.48. The number of carbonyl (C=O) groups excluding carboxylic acids is 1. The summed E-state index contributed by atoms with van der Waals surface area (Å²) < 4.78 is 14.3. The number of likely N-dealkylation sites (tertiary alicyclic amines) is 1. The summed E-state index contributed by atoms with van der Waals surface area (Å²) in [5.41, 5.74) is 1.46. The number of aromatic nitrogens is 2. The second-order valence-corrected chi connectivity index (χ2v) is 6.43. The normalized spacial score (nSPS) is 20.1. The lowest BCUT2D eigenvalue weighted by molar-refractivity contribution is 0.0712. The van der Waals surface area contributed by atoms with Crippen molar-refractivity contribution in [1.82, 2.24) is 14.7 Å². The van der Waals surface area contributed by atoms with E-state index in [1.165, 1.54) is 24.1 Å². The molecule has 132 valence electrons. The van der Waals surface area contributed by atoms with E-state index < -0.39 is 23.6 Å². The van der Waals surface area contributed by atoms with E-state index in [1.54, 1.807) is 26.0 Å². The van der Waals surface area contributed by atoms with Crippen molar-refractivity contribution in [3.63, 3.8) is 0 Å². The van der Waals surface area contributed by atoms with E-state index in [4.69, 9.17) is 0 Å². The molecule has 0 bridgehead atoms. The molecule has 2 aromatic rings. The van der Waals surface area contributed by atoms with Crippen LogP contribution in [0, 0.1) is 19.7 Å². The first-order chi connectivity index (χ1) is 11.8. The molecule has 25 heavy (non-hydrogen) atoms. The molecule has 2 heterocycles. The van der Waals surface area contributed by atoms with E-state index in [1.807, 2.05) is 0 Å². The molecule has 1 aliphatic rings. The van der Waals surface area contributed by atoms with Gasteiger partial charge < -0.3 is 10.0 Å². The van der Waals surface area contributed by atoms with E-state index in [0.29, 0.717) is 17.7 Å². The largest absolute Gasteiger partial charge is 0.391 e. The molecular weight excluding hydrogens is 325 g/mol. The Kier molecular flexibility index (Phi) is 4.43. The number of aliphatic hydroxyl groups is 1. The quantitative estimate of drug-likeness (QED) is 0.895. The first-order valence-corrected chi connectivity index (χ1v) is 8.08. The van der Waals surface area contributed by atoms with Crippen LogP contribution in [0.1, 0.15) is 39.6 Å². The van der Waals surface area contributed by atoms with Gasteiger partial charge in [-0.1, -0.05) is 12.1 Å². The van der Waals surface area contributed by atoms with E-state index >= 15 is 0 Å². The zero-order chi connectivity index (χ0) is 18.3. The summed E-state index contributed by atoms with van der Waals surface area (Å²) in [6.07, 6.45) is -0.341. The minimum Gasteiger partial charge on any atom is -0.391 e. The third-order valence-corrected chi connectivity index (χ3v) is 4.73. The zero-order valence-corrected chi connectivity index (χ0v) is 14.4. The summed E-state index contributed by atoms with van der Waals surface area (Å²) in [5.74, 6) is -0.802. The van der Waals surface area contributed by atoms with Gasteiger partial charge in [0.25, 0.3) is 11.5 Å². The van der Waals surface area contributed by atoms with Crippen molar-refractivity contribution >= 4 is 5.91 Å². The molecule has 1 N–H and O–H groups in total. The lowest BCUT2D eigenvalue weighted by Crippen LogP contribution is -2.38. The van der Waals surface area contributed by atoms with Crippen LogP contribution in [0.5, 0.6) is 0 Å². The highest BCUT2D eigenvalue weighted by molar-refractivity contribution is 5.96. The minimum atomic E-state index is -0.689. The summed E-state index contributed by atoms with van der Waals surface area (Å²) in [4.78, 5) is 27.0. The smallest absolute Gasteiger partial charge is 0.279 e. The molecular formula is C18H20FN3O3. The molecule has 7 heteroatoms. The van der Waals surface area contributed by atoms with Crippen LogP contribution in [0.3, 0.4) is 0 Å². The number of hydrogen-bond donors (Lipinski definition) is 1. The van der Waals surface area contributed by atoms with Crippen molar-refractivity contribution < 1.29 is 14.3 Å². The summed E-state index contributed by atoms with van der Waals surface area (Å²) >= 11 is 0. The fraction of sp³-hybridized carbons (Fsp3) is 0.389. The Hall–Kier alpha value is -2.54. The molecule has 1 aliphatic heterocycles. The Morgan fingerprint density at radius 2 is 1.92 bits per heavy atom. The topological polar surface area (TPSA) is 75.4 Å². The van der Waals surface area contributed by atoms with Crippen molar-refractivity contribution in [2.75, 3.05) is 6.54 Å². The fourth-order valence-electron chi connectivity index (χ4n) is 3.28. The number of carbonyl (C=O) groups is 1. The van der Waals surface area contributed by atoms with Crippen LogP contribution in [-0.4, -0.2) is 38.3 Å². The fourth-order valence-corrected chi connectivity index (χ4v) is 3.28. The number of aliphatic hydroxyl groups excluding tert-OH is 1. The molecule has 6 nitrogen and oxygen atoms in total. The Bertz CT molecular complexity index is 876. The van der Waals surface area contributed by atoms with Crippen LogP contribution in [0.15, 0.2) is 29.1 Å². The highest BCUT2D eigenvalue weighted by atomic mass is 19.1. The Balaban J connectivity index is 2.04. The number of halogens is 1. The number of aryl methyl sites for hydroxylation is 2. The lowest BCUT2D eigenvalue weighted by Gasteiger charge is -2.25. The number of hydrogen-bond acceptors (Lipinski definition) is 4. The Morgan fingerprint density at radius 3 is 2.56 bits per heavy atom. The maximum atomic E-state index is 13.2. The average Bonchev–Trinajstić information content (AvgIpc) is 2.95. The van der Waals surface area contributed by atoms with E-state index in [9.17, 15) is 19.1 Å². The maximum Gasteiger partial charge on any atom is 0.279 e. The summed E-state index contributed by atoms with van der Waals surface area (Å²) in [5, 5.41) is 14.2. The molecule has 3 rings (SSSR count). The van der Waals surface area contributed by atoms with Gasteiger partial charge in [0.15, 0.2) is 0 Å². The van der Waals surface area contributed by atoms with E-state index in [2.05, 4.69) is 5.10 Å².